The lowest BCUT2D eigenvalue weighted by Gasteiger charge is -2.30. The normalized spacial score (nSPS) is 18.4. The minimum atomic E-state index is -0.843. The van der Waals surface area contributed by atoms with Crippen molar-refractivity contribution in [2.45, 2.75) is 12.8 Å². The molecule has 0 radical (unpaired) electrons. The number of ether oxygens (including phenoxy) is 1. The molecule has 1 aliphatic rings. The molecule has 1 aromatic carbocycles. The molecule has 1 saturated heterocycles. The predicted molar refractivity (Wildman–Crippen MR) is 84.3 cm³/mol. The number of likely N-dealkylation sites (tertiary alicyclic amines) is 1. The molecule has 1 aromatic rings. The van der Waals surface area contributed by atoms with Crippen LogP contribution in [0.1, 0.15) is 12.8 Å². The number of nitrogens with zero attached hydrogens (tertiary/aromatic N) is 1. The van der Waals surface area contributed by atoms with E-state index in [9.17, 15) is 9.59 Å². The molecule has 114 valence electrons. The van der Waals surface area contributed by atoms with Crippen LogP contribution in [0.4, 0.5) is 0 Å². The maximum Gasteiger partial charge on any atom is 0.308 e. The van der Waals surface area contributed by atoms with E-state index in [1.165, 1.54) is 0 Å². The van der Waals surface area contributed by atoms with E-state index in [-0.39, 0.29) is 19.1 Å². The molecule has 0 saturated carbocycles. The lowest BCUT2D eigenvalue weighted by molar-refractivity contribution is -0.146. The minimum absolute atomic E-state index is 0.0907. The van der Waals surface area contributed by atoms with Crippen LogP contribution in [0.2, 0.25) is 0 Å². The van der Waals surface area contributed by atoms with Gasteiger partial charge in [0.05, 0.1) is 10.4 Å². The van der Waals surface area contributed by atoms with Gasteiger partial charge in [0.1, 0.15) is 5.75 Å². The summed E-state index contributed by atoms with van der Waals surface area (Å²) in [5, 5.41) is 9.03. The average molecular weight is 421 g/mol. The topological polar surface area (TPSA) is 66.8 Å². The number of piperidine rings is 1. The first kappa shape index (κ1) is 16.3. The molecule has 1 aliphatic heterocycles. The second-order valence-electron chi connectivity index (χ2n) is 4.88. The van der Waals surface area contributed by atoms with Gasteiger partial charge in [0.25, 0.3) is 5.91 Å². The molecule has 2 rings (SSSR count). The Bertz CT molecular complexity index is 550. The summed E-state index contributed by atoms with van der Waals surface area (Å²) in [4.78, 5) is 24.7. The maximum atomic E-state index is 12.1. The molecule has 21 heavy (non-hydrogen) atoms. The standard InChI is InChI=1S/C14H15Br2NO4/c15-10-3-4-12(11(16)6-10)21-8-13(18)17-5-1-2-9(7-17)14(19)20/h3-4,6,9H,1-2,5,7-8H2,(H,19,20)/t9-/m1/s1. The SMILES string of the molecule is O=C(O)[C@@H]1CCCN(C(=O)COc2ccc(Br)cc2Br)C1. The number of rotatable bonds is 4. The highest BCUT2D eigenvalue weighted by Gasteiger charge is 2.28. The highest BCUT2D eigenvalue weighted by atomic mass is 79.9. The molecule has 1 heterocycles. The first-order valence-corrected chi connectivity index (χ1v) is 8.14. The Labute approximate surface area is 139 Å². The molecule has 1 amide bonds. The van der Waals surface area contributed by atoms with Crippen LogP contribution in [0.3, 0.4) is 0 Å². The van der Waals surface area contributed by atoms with Crippen LogP contribution in [0.25, 0.3) is 0 Å². The number of hydrogen-bond donors (Lipinski definition) is 1. The fourth-order valence-corrected chi connectivity index (χ4v) is 3.39. The molecule has 0 aliphatic carbocycles. The van der Waals surface area contributed by atoms with E-state index in [0.717, 1.165) is 8.95 Å². The van der Waals surface area contributed by atoms with Gasteiger partial charge in [-0.2, -0.15) is 0 Å². The van der Waals surface area contributed by atoms with Gasteiger partial charge >= 0.3 is 5.97 Å². The summed E-state index contributed by atoms with van der Waals surface area (Å²) >= 11 is 6.71. The summed E-state index contributed by atoms with van der Waals surface area (Å²) in [6, 6.07) is 5.42. The zero-order valence-electron chi connectivity index (χ0n) is 11.2. The van der Waals surface area contributed by atoms with Crippen LogP contribution in [-0.2, 0) is 9.59 Å². The fourth-order valence-electron chi connectivity index (χ4n) is 2.23. The minimum Gasteiger partial charge on any atom is -0.483 e. The largest absolute Gasteiger partial charge is 0.483 e. The third kappa shape index (κ3) is 4.44. The molecule has 5 nitrogen and oxygen atoms in total. The molecule has 0 spiro atoms. The van der Waals surface area contributed by atoms with Crippen molar-refractivity contribution in [2.24, 2.45) is 5.92 Å². The number of carbonyl (C=O) groups excluding carboxylic acids is 1. The number of amides is 1. The van der Waals surface area contributed by atoms with Crippen molar-refractivity contribution in [1.82, 2.24) is 4.90 Å². The third-order valence-electron chi connectivity index (χ3n) is 3.37. The van der Waals surface area contributed by atoms with E-state index in [2.05, 4.69) is 31.9 Å². The lowest BCUT2D eigenvalue weighted by Crippen LogP contribution is -2.44. The highest BCUT2D eigenvalue weighted by Crippen LogP contribution is 2.28. The van der Waals surface area contributed by atoms with Crippen LogP contribution >= 0.6 is 31.9 Å². The molecule has 7 heteroatoms. The van der Waals surface area contributed by atoms with Crippen molar-refractivity contribution in [3.8, 4) is 5.75 Å². The van der Waals surface area contributed by atoms with Crippen molar-refractivity contribution in [1.29, 1.82) is 0 Å². The van der Waals surface area contributed by atoms with Crippen molar-refractivity contribution in [3.05, 3.63) is 27.1 Å². The van der Waals surface area contributed by atoms with Crippen LogP contribution in [0.15, 0.2) is 27.1 Å². The second-order valence-corrected chi connectivity index (χ2v) is 6.65. The Hall–Kier alpha value is -1.08. The highest BCUT2D eigenvalue weighted by molar-refractivity contribution is 9.11. The summed E-state index contributed by atoms with van der Waals surface area (Å²) in [7, 11) is 0. The summed E-state index contributed by atoms with van der Waals surface area (Å²) in [6.45, 7) is 0.763. The van der Waals surface area contributed by atoms with Gasteiger partial charge in [-0.1, -0.05) is 15.9 Å². The Morgan fingerprint density at radius 3 is 2.81 bits per heavy atom. The summed E-state index contributed by atoms with van der Waals surface area (Å²) in [5.74, 6) is -0.916. The first-order chi connectivity index (χ1) is 9.97. The van der Waals surface area contributed by atoms with Gasteiger partial charge < -0.3 is 14.7 Å². The van der Waals surface area contributed by atoms with E-state index >= 15 is 0 Å². The predicted octanol–water partition coefficient (Wildman–Crippen LogP) is 2.91. The number of halogens is 2. The Morgan fingerprint density at radius 1 is 1.38 bits per heavy atom. The monoisotopic (exact) mass is 419 g/mol. The lowest BCUT2D eigenvalue weighted by atomic mass is 9.98. The summed E-state index contributed by atoms with van der Waals surface area (Å²) in [6.07, 6.45) is 1.34. The number of carbonyl (C=O) groups is 2. The van der Waals surface area contributed by atoms with E-state index in [1.807, 2.05) is 12.1 Å². The van der Waals surface area contributed by atoms with Gasteiger partial charge in [-0.3, -0.25) is 9.59 Å². The molecule has 1 atom stereocenters. The van der Waals surface area contributed by atoms with Crippen LogP contribution < -0.4 is 4.74 Å². The van der Waals surface area contributed by atoms with Crippen molar-refractivity contribution in [2.75, 3.05) is 19.7 Å². The van der Waals surface area contributed by atoms with Crippen molar-refractivity contribution >= 4 is 43.7 Å². The van der Waals surface area contributed by atoms with E-state index < -0.39 is 11.9 Å². The van der Waals surface area contributed by atoms with Gasteiger partial charge in [0, 0.05) is 17.6 Å². The number of aliphatic carboxylic acids is 1. The Balaban J connectivity index is 1.90. The van der Waals surface area contributed by atoms with Crippen LogP contribution in [-0.4, -0.2) is 41.6 Å². The average Bonchev–Trinajstić information content (AvgIpc) is 2.46. The van der Waals surface area contributed by atoms with E-state index in [0.29, 0.717) is 25.1 Å². The summed E-state index contributed by atoms with van der Waals surface area (Å²) < 4.78 is 7.16. The molecule has 0 unspecified atom stereocenters. The Kier molecular flexibility index (Phi) is 5.64. The third-order valence-corrected chi connectivity index (χ3v) is 4.48. The number of carboxylic acids is 1. The molecular formula is C14H15Br2NO4. The van der Waals surface area contributed by atoms with Gasteiger partial charge in [0.2, 0.25) is 0 Å². The van der Waals surface area contributed by atoms with Gasteiger partial charge in [0.15, 0.2) is 6.61 Å². The zero-order valence-corrected chi connectivity index (χ0v) is 14.4. The zero-order chi connectivity index (χ0) is 15.4. The molecule has 0 aromatic heterocycles. The summed E-state index contributed by atoms with van der Waals surface area (Å²) in [5.41, 5.74) is 0. The van der Waals surface area contributed by atoms with Crippen molar-refractivity contribution < 1.29 is 19.4 Å². The first-order valence-electron chi connectivity index (χ1n) is 6.56. The maximum absolute atomic E-state index is 12.1. The Morgan fingerprint density at radius 2 is 2.14 bits per heavy atom. The van der Waals surface area contributed by atoms with E-state index in [1.54, 1.807) is 11.0 Å². The van der Waals surface area contributed by atoms with Crippen LogP contribution in [0.5, 0.6) is 5.75 Å². The molecular weight excluding hydrogens is 406 g/mol. The second kappa shape index (κ2) is 7.26. The van der Waals surface area contributed by atoms with Gasteiger partial charge in [-0.05, 0) is 47.0 Å². The smallest absolute Gasteiger partial charge is 0.308 e. The number of carboxylic acid groups (broad SMARTS) is 1. The molecule has 1 fully saturated rings. The molecule has 0 bridgehead atoms. The van der Waals surface area contributed by atoms with Crippen molar-refractivity contribution in [3.63, 3.8) is 0 Å². The van der Waals surface area contributed by atoms with Gasteiger partial charge in [-0.15, -0.1) is 0 Å². The van der Waals surface area contributed by atoms with Crippen LogP contribution in [0, 0.1) is 5.92 Å². The van der Waals surface area contributed by atoms with Gasteiger partial charge in [-0.25, -0.2) is 0 Å². The number of hydrogen-bond acceptors (Lipinski definition) is 3. The fraction of sp³-hybridized carbons (Fsp3) is 0.429. The van der Waals surface area contributed by atoms with E-state index in [4.69, 9.17) is 9.84 Å². The quantitative estimate of drug-likeness (QED) is 0.813. The molecule has 1 N–H and O–H groups in total. The number of benzene rings is 1.